The third-order valence-electron chi connectivity index (χ3n) is 7.36. The van der Waals surface area contributed by atoms with Gasteiger partial charge in [-0.1, -0.05) is 121 Å². The molecule has 0 spiro atoms. The Morgan fingerprint density at radius 2 is 1.07 bits per heavy atom. The minimum atomic E-state index is -0.987. The molecule has 0 aliphatic carbocycles. The van der Waals surface area contributed by atoms with E-state index in [1.165, 1.54) is 0 Å². The first-order valence-corrected chi connectivity index (χ1v) is 15.2. The number of hydrogen-bond acceptors (Lipinski definition) is 5. The van der Waals surface area contributed by atoms with Crippen LogP contribution in [0.1, 0.15) is 37.4 Å². The molecular weight excluding hydrogens is 576 g/mol. The van der Waals surface area contributed by atoms with E-state index in [1.54, 1.807) is 48.5 Å². The van der Waals surface area contributed by atoms with E-state index in [1.807, 2.05) is 97.1 Å². The van der Waals surface area contributed by atoms with Gasteiger partial charge in [0.2, 0.25) is 0 Å². The number of carbonyl (C=O) groups is 3. The van der Waals surface area contributed by atoms with Crippen molar-refractivity contribution in [3.8, 4) is 5.75 Å². The lowest BCUT2D eigenvalue weighted by Crippen LogP contribution is -2.46. The fourth-order valence-electron chi connectivity index (χ4n) is 4.99. The van der Waals surface area contributed by atoms with Gasteiger partial charge in [-0.15, -0.1) is 0 Å². The number of rotatable bonds is 14. The van der Waals surface area contributed by atoms with Crippen molar-refractivity contribution in [1.29, 1.82) is 0 Å². The zero-order chi connectivity index (χ0) is 32.0. The Labute approximate surface area is 269 Å². The minimum absolute atomic E-state index is 0.0791. The van der Waals surface area contributed by atoms with Crippen molar-refractivity contribution >= 4 is 17.8 Å². The minimum Gasteiger partial charge on any atom is -0.488 e. The van der Waals surface area contributed by atoms with Crippen molar-refractivity contribution in [2.75, 3.05) is 6.61 Å². The molecule has 0 saturated heterocycles. The van der Waals surface area contributed by atoms with Crippen molar-refractivity contribution in [1.82, 2.24) is 10.6 Å². The summed E-state index contributed by atoms with van der Waals surface area (Å²) in [7, 11) is 0. The van der Waals surface area contributed by atoms with E-state index in [-0.39, 0.29) is 25.5 Å². The standard InChI is InChI=1S/C39H36N2O5/c42-37(32-21-11-4-12-22-32)40-33(25-29-15-5-1-6-16-29)28-46-39(44)35(26-30-17-7-2-8-18-30)41-38(43)34-23-13-14-24-36(34)45-27-31-19-9-3-10-20-31/h1-24,33,35H,25-28H2,(H,40,42)(H,41,43)/t33-,35-/m0/s1. The maximum absolute atomic E-state index is 13.6. The number of para-hydroxylation sites is 1. The molecule has 7 nitrogen and oxygen atoms in total. The second-order valence-corrected chi connectivity index (χ2v) is 10.8. The van der Waals surface area contributed by atoms with Crippen LogP contribution in [-0.2, 0) is 29.0 Å². The predicted molar refractivity (Wildman–Crippen MR) is 177 cm³/mol. The summed E-state index contributed by atoms with van der Waals surface area (Å²) in [6.45, 7) is 0.211. The SMILES string of the molecule is O=C(N[C@H](COC(=O)[C@H](Cc1ccccc1)NC(=O)c1ccccc1OCc1ccccc1)Cc1ccccc1)c1ccccc1. The van der Waals surface area contributed by atoms with Gasteiger partial charge in [0.15, 0.2) is 0 Å². The number of hydrogen-bond donors (Lipinski definition) is 2. The summed E-state index contributed by atoms with van der Waals surface area (Å²) in [4.78, 5) is 40.3. The second-order valence-electron chi connectivity index (χ2n) is 10.8. The van der Waals surface area contributed by atoms with Crippen molar-refractivity contribution in [2.24, 2.45) is 0 Å². The Hall–Kier alpha value is -5.69. The third kappa shape index (κ3) is 9.40. The zero-order valence-corrected chi connectivity index (χ0v) is 25.4. The summed E-state index contributed by atoms with van der Waals surface area (Å²) in [5.74, 6) is -0.923. The number of benzene rings is 5. The van der Waals surface area contributed by atoms with Gasteiger partial charge in [-0.25, -0.2) is 4.79 Å². The molecule has 5 aromatic rings. The Bertz CT molecular complexity index is 1700. The fraction of sp³-hybridized carbons (Fsp3) is 0.154. The Kier molecular flexibility index (Phi) is 11.3. The predicted octanol–water partition coefficient (Wildman–Crippen LogP) is 6.19. The normalized spacial score (nSPS) is 11.9. The van der Waals surface area contributed by atoms with Crippen LogP contribution in [0.2, 0.25) is 0 Å². The van der Waals surface area contributed by atoms with Gasteiger partial charge < -0.3 is 20.1 Å². The molecule has 232 valence electrons. The molecule has 0 aliphatic heterocycles. The van der Waals surface area contributed by atoms with Crippen LogP contribution in [-0.4, -0.2) is 36.5 Å². The first-order chi connectivity index (χ1) is 22.5. The average Bonchev–Trinajstić information content (AvgIpc) is 3.11. The van der Waals surface area contributed by atoms with Crippen LogP contribution in [0.5, 0.6) is 5.75 Å². The van der Waals surface area contributed by atoms with Crippen LogP contribution in [0.25, 0.3) is 0 Å². The number of ether oxygens (including phenoxy) is 2. The maximum atomic E-state index is 13.6. The molecule has 0 radical (unpaired) electrons. The molecule has 0 aliphatic rings. The van der Waals surface area contributed by atoms with Gasteiger partial charge in [0.05, 0.1) is 11.6 Å². The van der Waals surface area contributed by atoms with E-state index in [2.05, 4.69) is 10.6 Å². The summed E-state index contributed by atoms with van der Waals surface area (Å²) >= 11 is 0. The maximum Gasteiger partial charge on any atom is 0.329 e. The smallest absolute Gasteiger partial charge is 0.329 e. The molecule has 0 bridgehead atoms. The zero-order valence-electron chi connectivity index (χ0n) is 25.4. The molecule has 7 heteroatoms. The van der Waals surface area contributed by atoms with Crippen molar-refractivity contribution < 1.29 is 23.9 Å². The van der Waals surface area contributed by atoms with Crippen LogP contribution in [0, 0.1) is 0 Å². The van der Waals surface area contributed by atoms with Gasteiger partial charge in [-0.2, -0.15) is 0 Å². The van der Waals surface area contributed by atoms with Gasteiger partial charge >= 0.3 is 5.97 Å². The number of amides is 2. The van der Waals surface area contributed by atoms with E-state index in [4.69, 9.17) is 9.47 Å². The largest absolute Gasteiger partial charge is 0.488 e. The van der Waals surface area contributed by atoms with Gasteiger partial charge in [0.25, 0.3) is 11.8 Å². The lowest BCUT2D eigenvalue weighted by Gasteiger charge is -2.22. The summed E-state index contributed by atoms with van der Waals surface area (Å²) in [6, 6.07) is 43.1. The Morgan fingerprint density at radius 3 is 1.70 bits per heavy atom. The van der Waals surface area contributed by atoms with E-state index >= 15 is 0 Å². The quantitative estimate of drug-likeness (QED) is 0.146. The first-order valence-electron chi connectivity index (χ1n) is 15.2. The third-order valence-corrected chi connectivity index (χ3v) is 7.36. The van der Waals surface area contributed by atoms with Crippen molar-refractivity contribution in [3.05, 3.63) is 173 Å². The van der Waals surface area contributed by atoms with Gasteiger partial charge in [-0.05, 0) is 47.4 Å². The van der Waals surface area contributed by atoms with Crippen molar-refractivity contribution in [3.63, 3.8) is 0 Å². The number of esters is 1. The van der Waals surface area contributed by atoms with E-state index in [0.29, 0.717) is 23.3 Å². The fourth-order valence-corrected chi connectivity index (χ4v) is 4.99. The molecule has 0 aromatic heterocycles. The first kappa shape index (κ1) is 31.7. The van der Waals surface area contributed by atoms with Crippen LogP contribution in [0.3, 0.4) is 0 Å². The highest BCUT2D eigenvalue weighted by Crippen LogP contribution is 2.20. The molecule has 2 amide bonds. The molecule has 0 unspecified atom stereocenters. The Balaban J connectivity index is 1.30. The molecule has 5 rings (SSSR count). The molecule has 0 heterocycles. The summed E-state index contributed by atoms with van der Waals surface area (Å²) in [5.41, 5.74) is 3.62. The van der Waals surface area contributed by atoms with Gasteiger partial charge in [0.1, 0.15) is 25.0 Å². The van der Waals surface area contributed by atoms with Crippen LogP contribution in [0.4, 0.5) is 0 Å². The van der Waals surface area contributed by atoms with Crippen LogP contribution in [0.15, 0.2) is 146 Å². The molecule has 5 aromatic carbocycles. The number of carbonyl (C=O) groups excluding carboxylic acids is 3. The lowest BCUT2D eigenvalue weighted by molar-refractivity contribution is -0.146. The topological polar surface area (TPSA) is 93.7 Å². The summed E-state index contributed by atoms with van der Waals surface area (Å²) in [6.07, 6.45) is 0.673. The molecule has 0 fully saturated rings. The molecule has 2 N–H and O–H groups in total. The summed E-state index contributed by atoms with van der Waals surface area (Å²) in [5, 5.41) is 5.89. The lowest BCUT2D eigenvalue weighted by atomic mass is 10.0. The van der Waals surface area contributed by atoms with Gasteiger partial charge in [-0.3, -0.25) is 9.59 Å². The Morgan fingerprint density at radius 1 is 0.543 bits per heavy atom. The van der Waals surface area contributed by atoms with E-state index < -0.39 is 24.0 Å². The highest BCUT2D eigenvalue weighted by atomic mass is 16.5. The number of nitrogens with one attached hydrogen (secondary N) is 2. The van der Waals surface area contributed by atoms with E-state index in [9.17, 15) is 14.4 Å². The average molecular weight is 613 g/mol. The summed E-state index contributed by atoms with van der Waals surface area (Å²) < 4.78 is 11.8. The molecule has 46 heavy (non-hydrogen) atoms. The van der Waals surface area contributed by atoms with E-state index in [0.717, 1.165) is 16.7 Å². The highest BCUT2D eigenvalue weighted by molar-refractivity contribution is 5.99. The van der Waals surface area contributed by atoms with Crippen molar-refractivity contribution in [2.45, 2.75) is 31.5 Å². The monoisotopic (exact) mass is 612 g/mol. The molecular formula is C39H36N2O5. The highest BCUT2D eigenvalue weighted by Gasteiger charge is 2.26. The van der Waals surface area contributed by atoms with Crippen LogP contribution < -0.4 is 15.4 Å². The van der Waals surface area contributed by atoms with Gasteiger partial charge in [0, 0.05) is 12.0 Å². The molecule has 0 saturated carbocycles. The second kappa shape index (κ2) is 16.4. The van der Waals surface area contributed by atoms with Crippen LogP contribution >= 0.6 is 0 Å². The molecule has 2 atom stereocenters.